The third-order valence-corrected chi connectivity index (χ3v) is 6.05. The molecule has 0 atom stereocenters. The van der Waals surface area contributed by atoms with Crippen LogP contribution in [0.3, 0.4) is 0 Å². The molecule has 0 unspecified atom stereocenters. The number of halogens is 1. The van der Waals surface area contributed by atoms with E-state index in [1.54, 1.807) is 36.2 Å². The van der Waals surface area contributed by atoms with Crippen LogP contribution in [-0.2, 0) is 11.3 Å². The number of aromatic nitrogens is 5. The van der Waals surface area contributed by atoms with Gasteiger partial charge in [0.15, 0.2) is 10.8 Å². The lowest BCUT2D eigenvalue weighted by atomic mass is 10.1. The normalized spacial score (nSPS) is 11.2. The van der Waals surface area contributed by atoms with E-state index in [0.29, 0.717) is 23.0 Å². The van der Waals surface area contributed by atoms with Crippen molar-refractivity contribution in [2.45, 2.75) is 11.7 Å². The van der Waals surface area contributed by atoms with E-state index in [9.17, 15) is 9.18 Å². The largest absolute Gasteiger partial charge is 0.497 e. The summed E-state index contributed by atoms with van der Waals surface area (Å²) in [5.74, 6) is 0.590. The minimum atomic E-state index is -0.294. The molecule has 0 aliphatic carbocycles. The smallest absolute Gasteiger partial charge is 0.230 e. The van der Waals surface area contributed by atoms with Gasteiger partial charge in [-0.1, -0.05) is 23.9 Å². The Morgan fingerprint density at radius 3 is 2.64 bits per heavy atom. The zero-order valence-corrected chi connectivity index (χ0v) is 18.4. The molecule has 1 amide bonds. The average Bonchev–Trinajstić information content (AvgIpc) is 3.46. The molecule has 0 aliphatic heterocycles. The lowest BCUT2D eigenvalue weighted by Crippen LogP contribution is -2.24. The number of ether oxygens (including phenoxy) is 1. The first kappa shape index (κ1) is 21.0. The summed E-state index contributed by atoms with van der Waals surface area (Å²) in [6, 6.07) is 15.6. The molecular weight excluding hydrogens is 443 g/mol. The Kier molecular flexibility index (Phi) is 5.66. The summed E-state index contributed by atoms with van der Waals surface area (Å²) >= 11 is 1.31. The van der Waals surface area contributed by atoms with Crippen LogP contribution in [0.5, 0.6) is 5.75 Å². The second-order valence-electron chi connectivity index (χ2n) is 7.25. The van der Waals surface area contributed by atoms with Gasteiger partial charge in [0, 0.05) is 24.5 Å². The number of rotatable bonds is 7. The van der Waals surface area contributed by atoms with Crippen LogP contribution in [0.25, 0.3) is 22.4 Å². The summed E-state index contributed by atoms with van der Waals surface area (Å²) in [7, 11) is 1.62. The minimum absolute atomic E-state index is 0.100. The van der Waals surface area contributed by atoms with Crippen molar-refractivity contribution in [3.05, 3.63) is 78.4 Å². The molecule has 3 aromatic heterocycles. The first-order chi connectivity index (χ1) is 16.1. The molecule has 0 saturated carbocycles. The fourth-order valence-electron chi connectivity index (χ4n) is 3.38. The van der Waals surface area contributed by atoms with E-state index in [1.807, 2.05) is 34.7 Å². The number of carbonyl (C=O) groups excluding carboxylic acids is 1. The van der Waals surface area contributed by atoms with Gasteiger partial charge in [-0.25, -0.2) is 8.91 Å². The SMILES string of the molecule is COc1ccc(CNC(=O)CSc2nnc3c4cc(-c5ccc(F)cc5)nn4ccn23)cc1. The molecule has 0 spiro atoms. The Hall–Kier alpha value is -3.92. The fourth-order valence-corrected chi connectivity index (χ4v) is 4.12. The van der Waals surface area contributed by atoms with Gasteiger partial charge in [-0.3, -0.25) is 9.20 Å². The summed E-state index contributed by atoms with van der Waals surface area (Å²) in [4.78, 5) is 12.3. The number of nitrogens with zero attached hydrogens (tertiary/aromatic N) is 5. The van der Waals surface area contributed by atoms with E-state index >= 15 is 0 Å². The summed E-state index contributed by atoms with van der Waals surface area (Å²) in [6.07, 6.45) is 3.61. The Balaban J connectivity index is 1.28. The summed E-state index contributed by atoms with van der Waals surface area (Å²) in [6.45, 7) is 0.437. The molecule has 0 aliphatic rings. The van der Waals surface area contributed by atoms with Crippen molar-refractivity contribution in [3.63, 3.8) is 0 Å². The first-order valence-electron chi connectivity index (χ1n) is 10.1. The van der Waals surface area contributed by atoms with Crippen molar-refractivity contribution in [1.82, 2.24) is 29.5 Å². The minimum Gasteiger partial charge on any atom is -0.497 e. The van der Waals surface area contributed by atoms with Gasteiger partial charge in [0.2, 0.25) is 5.91 Å². The van der Waals surface area contributed by atoms with Crippen molar-refractivity contribution in [3.8, 4) is 17.0 Å². The summed E-state index contributed by atoms with van der Waals surface area (Å²) in [5.41, 5.74) is 3.89. The Morgan fingerprint density at radius 1 is 1.09 bits per heavy atom. The van der Waals surface area contributed by atoms with Crippen LogP contribution in [0.4, 0.5) is 4.39 Å². The van der Waals surface area contributed by atoms with E-state index in [2.05, 4.69) is 20.6 Å². The van der Waals surface area contributed by atoms with Gasteiger partial charge in [-0.2, -0.15) is 5.10 Å². The fraction of sp³-hybridized carbons (Fsp3) is 0.130. The number of thioether (sulfide) groups is 1. The monoisotopic (exact) mass is 462 g/mol. The van der Waals surface area contributed by atoms with Crippen LogP contribution < -0.4 is 10.1 Å². The number of carbonyl (C=O) groups is 1. The molecule has 166 valence electrons. The lowest BCUT2D eigenvalue weighted by molar-refractivity contribution is -0.118. The molecular formula is C23H19FN6O2S. The zero-order valence-electron chi connectivity index (χ0n) is 17.6. The molecule has 0 radical (unpaired) electrons. The number of hydrogen-bond donors (Lipinski definition) is 1. The Labute approximate surface area is 192 Å². The van der Waals surface area contributed by atoms with Gasteiger partial charge in [0.25, 0.3) is 0 Å². The van der Waals surface area contributed by atoms with Crippen molar-refractivity contribution < 1.29 is 13.9 Å². The van der Waals surface area contributed by atoms with Crippen LogP contribution >= 0.6 is 11.8 Å². The number of fused-ring (bicyclic) bond motifs is 3. The molecule has 10 heteroatoms. The van der Waals surface area contributed by atoms with Gasteiger partial charge in [0.1, 0.15) is 17.1 Å². The summed E-state index contributed by atoms with van der Waals surface area (Å²) < 4.78 is 21.9. The third kappa shape index (κ3) is 4.37. The van der Waals surface area contributed by atoms with E-state index in [4.69, 9.17) is 4.74 Å². The molecule has 1 N–H and O–H groups in total. The molecule has 3 heterocycles. The zero-order chi connectivity index (χ0) is 22.8. The van der Waals surface area contributed by atoms with E-state index in [-0.39, 0.29) is 17.5 Å². The van der Waals surface area contributed by atoms with Crippen LogP contribution in [0, 0.1) is 5.82 Å². The molecule has 0 saturated heterocycles. The Bertz CT molecular complexity index is 1430. The van der Waals surface area contributed by atoms with Crippen LogP contribution in [0.2, 0.25) is 0 Å². The standard InChI is InChI=1S/C23H19FN6O2S/c1-32-18-8-2-15(3-9-18)13-25-21(31)14-33-23-27-26-22-20-12-19(16-4-6-17(24)7-5-16)28-30(20)11-10-29(22)23/h2-12H,13-14H2,1H3,(H,25,31). The predicted octanol–water partition coefficient (Wildman–Crippen LogP) is 3.60. The topological polar surface area (TPSA) is 85.8 Å². The number of hydrogen-bond acceptors (Lipinski definition) is 6. The van der Waals surface area contributed by atoms with Crippen molar-refractivity contribution in [2.24, 2.45) is 0 Å². The number of benzene rings is 2. The molecule has 0 fully saturated rings. The highest BCUT2D eigenvalue weighted by Gasteiger charge is 2.14. The second-order valence-corrected chi connectivity index (χ2v) is 8.20. The molecule has 33 heavy (non-hydrogen) atoms. The van der Waals surface area contributed by atoms with Gasteiger partial charge >= 0.3 is 0 Å². The molecule has 5 aromatic rings. The van der Waals surface area contributed by atoms with E-state index < -0.39 is 0 Å². The second kappa shape index (κ2) is 8.91. The van der Waals surface area contributed by atoms with Crippen molar-refractivity contribution in [1.29, 1.82) is 0 Å². The maximum absolute atomic E-state index is 13.2. The van der Waals surface area contributed by atoms with Gasteiger partial charge in [-0.05, 0) is 48.0 Å². The predicted molar refractivity (Wildman–Crippen MR) is 123 cm³/mol. The summed E-state index contributed by atoms with van der Waals surface area (Å²) in [5, 5.41) is 16.6. The molecule has 0 bridgehead atoms. The Morgan fingerprint density at radius 2 is 1.88 bits per heavy atom. The van der Waals surface area contributed by atoms with Crippen LogP contribution in [-0.4, -0.2) is 43.0 Å². The first-order valence-corrected chi connectivity index (χ1v) is 11.1. The highest BCUT2D eigenvalue weighted by atomic mass is 32.2. The number of nitrogens with one attached hydrogen (secondary N) is 1. The van der Waals surface area contributed by atoms with Crippen LogP contribution in [0.15, 0.2) is 72.1 Å². The molecule has 8 nitrogen and oxygen atoms in total. The van der Waals surface area contributed by atoms with Gasteiger partial charge < -0.3 is 10.1 Å². The van der Waals surface area contributed by atoms with E-state index in [1.165, 1.54) is 23.9 Å². The van der Waals surface area contributed by atoms with Gasteiger partial charge in [0.05, 0.1) is 18.6 Å². The highest BCUT2D eigenvalue weighted by Crippen LogP contribution is 2.24. The highest BCUT2D eigenvalue weighted by molar-refractivity contribution is 7.99. The maximum Gasteiger partial charge on any atom is 0.230 e. The average molecular weight is 463 g/mol. The number of methoxy groups -OCH3 is 1. The number of amides is 1. The van der Waals surface area contributed by atoms with Gasteiger partial charge in [-0.15, -0.1) is 10.2 Å². The maximum atomic E-state index is 13.2. The van der Waals surface area contributed by atoms with Crippen molar-refractivity contribution in [2.75, 3.05) is 12.9 Å². The van der Waals surface area contributed by atoms with Crippen molar-refractivity contribution >= 4 is 28.8 Å². The van der Waals surface area contributed by atoms with Crippen LogP contribution in [0.1, 0.15) is 5.56 Å². The molecule has 5 rings (SSSR count). The lowest BCUT2D eigenvalue weighted by Gasteiger charge is -2.06. The third-order valence-electron chi connectivity index (χ3n) is 5.11. The molecule has 2 aromatic carbocycles. The van der Waals surface area contributed by atoms with E-state index in [0.717, 1.165) is 22.4 Å². The quantitative estimate of drug-likeness (QED) is 0.372.